The lowest BCUT2D eigenvalue weighted by molar-refractivity contribution is 0.134. The van der Waals surface area contributed by atoms with E-state index in [0.29, 0.717) is 6.61 Å². The quantitative estimate of drug-likeness (QED) is 0.799. The highest BCUT2D eigenvalue weighted by Crippen LogP contribution is 2.30. The van der Waals surface area contributed by atoms with Crippen LogP contribution in [-0.2, 0) is 11.3 Å². The number of halogens is 1. The molecule has 0 aliphatic heterocycles. The smallest absolute Gasteiger partial charge is 0.0932 e. The zero-order chi connectivity index (χ0) is 13.7. The molecule has 1 N–H and O–H groups in total. The summed E-state index contributed by atoms with van der Waals surface area (Å²) < 4.78 is 6.32. The molecule has 2 aromatic rings. The van der Waals surface area contributed by atoms with Crippen LogP contribution in [0.5, 0.6) is 0 Å². The summed E-state index contributed by atoms with van der Waals surface area (Å²) in [4.78, 5) is 1.23. The van der Waals surface area contributed by atoms with Crippen molar-refractivity contribution in [2.75, 3.05) is 11.9 Å². The lowest BCUT2D eigenvalue weighted by Gasteiger charge is -2.17. The van der Waals surface area contributed by atoms with Crippen molar-refractivity contribution < 1.29 is 4.74 Å². The summed E-state index contributed by atoms with van der Waals surface area (Å²) in [7, 11) is 0. The van der Waals surface area contributed by atoms with E-state index in [-0.39, 0.29) is 6.04 Å². The molecule has 1 atom stereocenters. The molecule has 0 radical (unpaired) electrons. The highest BCUT2D eigenvalue weighted by Gasteiger charge is 2.10. The number of ether oxygens (including phenoxy) is 1. The Balaban J connectivity index is 2.09. The van der Waals surface area contributed by atoms with E-state index in [0.717, 1.165) is 16.6 Å². The molecular weight excluding hydrogens is 278 g/mol. The zero-order valence-corrected chi connectivity index (χ0v) is 12.7. The summed E-state index contributed by atoms with van der Waals surface area (Å²) in [5.74, 6) is 0. The Morgan fingerprint density at radius 3 is 2.74 bits per heavy atom. The molecular formula is C15H18ClNOS. The van der Waals surface area contributed by atoms with E-state index < -0.39 is 0 Å². The summed E-state index contributed by atoms with van der Waals surface area (Å²) in [6.45, 7) is 5.51. The number of anilines is 1. The van der Waals surface area contributed by atoms with Crippen molar-refractivity contribution in [2.24, 2.45) is 0 Å². The van der Waals surface area contributed by atoms with Gasteiger partial charge in [0.1, 0.15) is 0 Å². The Morgan fingerprint density at radius 2 is 2.05 bits per heavy atom. The Morgan fingerprint density at radius 1 is 1.26 bits per heavy atom. The lowest BCUT2D eigenvalue weighted by Crippen LogP contribution is -2.07. The second kappa shape index (κ2) is 6.94. The summed E-state index contributed by atoms with van der Waals surface area (Å²) in [5, 5.41) is 3.52. The van der Waals surface area contributed by atoms with Crippen LogP contribution < -0.4 is 5.32 Å². The number of thiophene rings is 1. The fourth-order valence-corrected chi connectivity index (χ4v) is 2.93. The molecule has 0 aliphatic rings. The van der Waals surface area contributed by atoms with Crippen LogP contribution in [0.2, 0.25) is 4.34 Å². The van der Waals surface area contributed by atoms with E-state index in [1.165, 1.54) is 10.4 Å². The second-order valence-corrected chi connectivity index (χ2v) is 6.05. The van der Waals surface area contributed by atoms with Gasteiger partial charge in [0.25, 0.3) is 0 Å². The van der Waals surface area contributed by atoms with Gasteiger partial charge in [0, 0.05) is 22.7 Å². The highest BCUT2D eigenvalue weighted by atomic mass is 35.5. The van der Waals surface area contributed by atoms with Gasteiger partial charge in [0.15, 0.2) is 0 Å². The van der Waals surface area contributed by atoms with Gasteiger partial charge < -0.3 is 10.1 Å². The topological polar surface area (TPSA) is 21.3 Å². The van der Waals surface area contributed by atoms with Gasteiger partial charge in [0.05, 0.1) is 17.0 Å². The maximum Gasteiger partial charge on any atom is 0.0932 e. The monoisotopic (exact) mass is 295 g/mol. The maximum absolute atomic E-state index is 5.98. The van der Waals surface area contributed by atoms with Crippen molar-refractivity contribution in [1.29, 1.82) is 0 Å². The predicted octanol–water partition coefficient (Wildman–Crippen LogP) is 5.11. The number of rotatable bonds is 6. The molecule has 1 heterocycles. The zero-order valence-electron chi connectivity index (χ0n) is 11.2. The van der Waals surface area contributed by atoms with Gasteiger partial charge in [-0.05, 0) is 32.0 Å². The van der Waals surface area contributed by atoms with E-state index >= 15 is 0 Å². The van der Waals surface area contributed by atoms with Crippen LogP contribution in [0, 0.1) is 0 Å². The number of hydrogen-bond acceptors (Lipinski definition) is 3. The first-order chi connectivity index (χ1) is 9.20. The third-order valence-electron chi connectivity index (χ3n) is 2.87. The summed E-state index contributed by atoms with van der Waals surface area (Å²) in [5.41, 5.74) is 2.30. The highest BCUT2D eigenvalue weighted by molar-refractivity contribution is 7.16. The molecule has 0 saturated heterocycles. The van der Waals surface area contributed by atoms with Crippen LogP contribution in [0.25, 0.3) is 0 Å². The van der Waals surface area contributed by atoms with Gasteiger partial charge >= 0.3 is 0 Å². The van der Waals surface area contributed by atoms with Gasteiger partial charge in [0.2, 0.25) is 0 Å². The molecule has 2 rings (SSSR count). The average Bonchev–Trinajstić information content (AvgIpc) is 2.84. The van der Waals surface area contributed by atoms with Crippen LogP contribution >= 0.6 is 22.9 Å². The van der Waals surface area contributed by atoms with E-state index in [4.69, 9.17) is 16.3 Å². The molecule has 1 aromatic carbocycles. The normalized spacial score (nSPS) is 12.4. The summed E-state index contributed by atoms with van der Waals surface area (Å²) >= 11 is 7.59. The van der Waals surface area contributed by atoms with Crippen molar-refractivity contribution in [3.05, 3.63) is 51.2 Å². The molecule has 0 fully saturated rings. The average molecular weight is 296 g/mol. The number of para-hydroxylation sites is 1. The van der Waals surface area contributed by atoms with Crippen molar-refractivity contribution in [3.8, 4) is 0 Å². The number of nitrogens with one attached hydrogen (secondary N) is 1. The van der Waals surface area contributed by atoms with Crippen LogP contribution in [0.3, 0.4) is 0 Å². The largest absolute Gasteiger partial charge is 0.377 e. The van der Waals surface area contributed by atoms with Crippen molar-refractivity contribution in [3.63, 3.8) is 0 Å². The van der Waals surface area contributed by atoms with Crippen LogP contribution in [0.4, 0.5) is 5.69 Å². The minimum Gasteiger partial charge on any atom is -0.377 e. The first-order valence-electron chi connectivity index (χ1n) is 6.38. The molecule has 0 saturated carbocycles. The maximum atomic E-state index is 5.98. The standard InChI is InChI=1S/C15H18ClNOS/c1-3-18-10-12-6-4-5-7-13(12)17-11(2)14-8-9-15(16)19-14/h4-9,11,17H,3,10H2,1-2H3. The van der Waals surface area contributed by atoms with Crippen molar-refractivity contribution >= 4 is 28.6 Å². The van der Waals surface area contributed by atoms with Crippen LogP contribution in [0.15, 0.2) is 36.4 Å². The molecule has 2 nitrogen and oxygen atoms in total. The van der Waals surface area contributed by atoms with Gasteiger partial charge in [-0.15, -0.1) is 11.3 Å². The third-order valence-corrected chi connectivity index (χ3v) is 4.29. The minimum atomic E-state index is 0.236. The third kappa shape index (κ3) is 3.96. The number of hydrogen-bond donors (Lipinski definition) is 1. The van der Waals surface area contributed by atoms with Crippen molar-refractivity contribution in [1.82, 2.24) is 0 Å². The Kier molecular flexibility index (Phi) is 5.25. The molecule has 102 valence electrons. The Labute approximate surface area is 123 Å². The Hall–Kier alpha value is -1.03. The van der Waals surface area contributed by atoms with E-state index in [1.54, 1.807) is 11.3 Å². The minimum absolute atomic E-state index is 0.236. The van der Waals surface area contributed by atoms with E-state index in [1.807, 2.05) is 25.1 Å². The van der Waals surface area contributed by atoms with Crippen LogP contribution in [0.1, 0.15) is 30.3 Å². The van der Waals surface area contributed by atoms with Gasteiger partial charge in [-0.25, -0.2) is 0 Å². The number of benzene rings is 1. The molecule has 0 amide bonds. The SMILES string of the molecule is CCOCc1ccccc1NC(C)c1ccc(Cl)s1. The molecule has 0 bridgehead atoms. The molecule has 19 heavy (non-hydrogen) atoms. The van der Waals surface area contributed by atoms with Crippen LogP contribution in [-0.4, -0.2) is 6.61 Å². The molecule has 1 unspecified atom stereocenters. The molecule has 4 heteroatoms. The van der Waals surface area contributed by atoms with E-state index in [9.17, 15) is 0 Å². The molecule has 0 aliphatic carbocycles. The first kappa shape index (κ1) is 14.4. The van der Waals surface area contributed by atoms with Gasteiger partial charge in [-0.2, -0.15) is 0 Å². The van der Waals surface area contributed by atoms with Crippen molar-refractivity contribution in [2.45, 2.75) is 26.5 Å². The summed E-state index contributed by atoms with van der Waals surface area (Å²) in [6.07, 6.45) is 0. The molecule has 1 aromatic heterocycles. The van der Waals surface area contributed by atoms with Gasteiger partial charge in [-0.1, -0.05) is 29.8 Å². The molecule has 0 spiro atoms. The Bertz CT molecular complexity index is 526. The fraction of sp³-hybridized carbons (Fsp3) is 0.333. The second-order valence-electron chi connectivity index (χ2n) is 4.30. The first-order valence-corrected chi connectivity index (χ1v) is 7.57. The fourth-order valence-electron chi connectivity index (χ4n) is 1.86. The predicted molar refractivity (Wildman–Crippen MR) is 83.1 cm³/mol. The lowest BCUT2D eigenvalue weighted by atomic mass is 10.1. The van der Waals surface area contributed by atoms with Gasteiger partial charge in [-0.3, -0.25) is 0 Å². The summed E-state index contributed by atoms with van der Waals surface area (Å²) in [6, 6.07) is 12.5. The van der Waals surface area contributed by atoms with E-state index in [2.05, 4.69) is 30.4 Å².